The average Bonchev–Trinajstić information content (AvgIpc) is 3.07. The largest absolute Gasteiger partial charge is 0.380 e. The normalized spacial score (nSPS) is 22.8. The molecule has 144 valence electrons. The van der Waals surface area contributed by atoms with Crippen LogP contribution in [-0.4, -0.2) is 27.6 Å². The number of hydrogen-bond acceptors (Lipinski definition) is 5. The maximum absolute atomic E-state index is 13.2. The van der Waals surface area contributed by atoms with Gasteiger partial charge in [-0.05, 0) is 31.5 Å². The fourth-order valence-electron chi connectivity index (χ4n) is 4.36. The highest BCUT2D eigenvalue weighted by Crippen LogP contribution is 2.41. The summed E-state index contributed by atoms with van der Waals surface area (Å²) in [5.74, 6) is 0. The summed E-state index contributed by atoms with van der Waals surface area (Å²) in [6.07, 6.45) is -0.408. The van der Waals surface area contributed by atoms with E-state index in [1.54, 1.807) is 4.57 Å². The molecule has 2 atom stereocenters. The lowest BCUT2D eigenvalue weighted by atomic mass is 9.85. The summed E-state index contributed by atoms with van der Waals surface area (Å²) in [6.45, 7) is 4.76. The Labute approximate surface area is 162 Å². The van der Waals surface area contributed by atoms with Gasteiger partial charge in [0.25, 0.3) is 5.56 Å². The van der Waals surface area contributed by atoms with Crippen LogP contribution in [0.3, 0.4) is 0 Å². The molecule has 3 aromatic rings. The summed E-state index contributed by atoms with van der Waals surface area (Å²) < 4.78 is 13.1. The molecule has 2 aliphatic heterocycles. The number of aliphatic hydroxyl groups is 1. The van der Waals surface area contributed by atoms with E-state index in [0.29, 0.717) is 30.7 Å². The van der Waals surface area contributed by atoms with Crippen LogP contribution in [-0.2, 0) is 28.2 Å². The van der Waals surface area contributed by atoms with Crippen LogP contribution >= 0.6 is 0 Å². The molecule has 28 heavy (non-hydrogen) atoms. The second-order valence-corrected chi connectivity index (χ2v) is 7.38. The average molecular weight is 378 g/mol. The maximum Gasteiger partial charge on any atom is 0.257 e. The molecule has 5 rings (SSSR count). The summed E-state index contributed by atoms with van der Waals surface area (Å²) in [5, 5.41) is 12.4. The van der Waals surface area contributed by atoms with E-state index in [1.807, 2.05) is 44.2 Å². The summed E-state index contributed by atoms with van der Waals surface area (Å²) in [4.78, 5) is 18.1. The third kappa shape index (κ3) is 2.32. The van der Waals surface area contributed by atoms with Crippen LogP contribution in [0.5, 0.6) is 0 Å². The third-order valence-corrected chi connectivity index (χ3v) is 5.87. The van der Waals surface area contributed by atoms with Gasteiger partial charge in [-0.15, -0.1) is 0 Å². The van der Waals surface area contributed by atoms with E-state index in [-0.39, 0.29) is 12.2 Å². The van der Waals surface area contributed by atoms with Crippen LogP contribution in [0, 0.1) is 0 Å². The molecule has 2 aromatic heterocycles. The van der Waals surface area contributed by atoms with Crippen molar-refractivity contribution in [2.45, 2.75) is 45.3 Å². The van der Waals surface area contributed by atoms with Crippen molar-refractivity contribution in [1.29, 1.82) is 0 Å². The molecule has 6 nitrogen and oxygen atoms in total. The van der Waals surface area contributed by atoms with Crippen molar-refractivity contribution in [1.82, 2.24) is 9.55 Å². The quantitative estimate of drug-likeness (QED) is 0.593. The van der Waals surface area contributed by atoms with Gasteiger partial charge in [0.15, 0.2) is 6.29 Å². The predicted molar refractivity (Wildman–Crippen MR) is 105 cm³/mol. The molecule has 1 aromatic carbocycles. The Morgan fingerprint density at radius 2 is 2.14 bits per heavy atom. The number of pyridine rings is 2. The zero-order valence-electron chi connectivity index (χ0n) is 15.9. The highest BCUT2D eigenvalue weighted by atomic mass is 16.7. The maximum atomic E-state index is 13.2. The Bertz CT molecular complexity index is 1150. The Morgan fingerprint density at radius 1 is 1.32 bits per heavy atom. The lowest BCUT2D eigenvalue weighted by Gasteiger charge is -2.40. The minimum Gasteiger partial charge on any atom is -0.380 e. The highest BCUT2D eigenvalue weighted by molar-refractivity contribution is 5.84. The van der Waals surface area contributed by atoms with Crippen molar-refractivity contribution < 1.29 is 14.6 Å². The van der Waals surface area contributed by atoms with Gasteiger partial charge >= 0.3 is 0 Å². The van der Waals surface area contributed by atoms with Crippen LogP contribution in [0.4, 0.5) is 0 Å². The van der Waals surface area contributed by atoms with Crippen LogP contribution in [0.15, 0.2) is 41.2 Å². The van der Waals surface area contributed by atoms with Crippen LogP contribution in [0.1, 0.15) is 37.0 Å². The number of aromatic nitrogens is 2. The van der Waals surface area contributed by atoms with Crippen molar-refractivity contribution in [2.24, 2.45) is 0 Å². The van der Waals surface area contributed by atoms with Crippen molar-refractivity contribution >= 4 is 10.9 Å². The fraction of sp³-hybridized carbons (Fsp3) is 0.364. The number of nitrogens with zero attached hydrogens (tertiary/aromatic N) is 2. The summed E-state index contributed by atoms with van der Waals surface area (Å²) >= 11 is 0. The first-order valence-electron chi connectivity index (χ1n) is 9.68. The molecule has 0 amide bonds. The van der Waals surface area contributed by atoms with E-state index in [9.17, 15) is 9.90 Å². The molecule has 6 heteroatoms. The van der Waals surface area contributed by atoms with Crippen LogP contribution < -0.4 is 5.56 Å². The highest BCUT2D eigenvalue weighted by Gasteiger charge is 2.45. The summed E-state index contributed by atoms with van der Waals surface area (Å²) in [7, 11) is 0. The number of hydrogen-bond donors (Lipinski definition) is 1. The Morgan fingerprint density at radius 3 is 2.93 bits per heavy atom. The van der Waals surface area contributed by atoms with Gasteiger partial charge in [0, 0.05) is 28.7 Å². The van der Waals surface area contributed by atoms with E-state index in [1.165, 1.54) is 0 Å². The van der Waals surface area contributed by atoms with Crippen LogP contribution in [0.2, 0.25) is 0 Å². The van der Waals surface area contributed by atoms with E-state index >= 15 is 0 Å². The number of fused-ring (bicyclic) bond motifs is 5. The van der Waals surface area contributed by atoms with Crippen LogP contribution in [0.25, 0.3) is 22.3 Å². The van der Waals surface area contributed by atoms with Gasteiger partial charge in [-0.3, -0.25) is 4.79 Å². The zero-order valence-corrected chi connectivity index (χ0v) is 15.9. The molecule has 2 aliphatic rings. The van der Waals surface area contributed by atoms with Gasteiger partial charge in [-0.1, -0.05) is 25.1 Å². The molecule has 0 bridgehead atoms. The van der Waals surface area contributed by atoms with E-state index in [2.05, 4.69) is 6.07 Å². The number of rotatable bonds is 3. The Kier molecular flexibility index (Phi) is 3.91. The molecule has 0 aliphatic carbocycles. The smallest absolute Gasteiger partial charge is 0.257 e. The van der Waals surface area contributed by atoms with Gasteiger partial charge in [-0.2, -0.15) is 0 Å². The van der Waals surface area contributed by atoms with Crippen molar-refractivity contribution in [3.05, 3.63) is 63.4 Å². The van der Waals surface area contributed by atoms with Gasteiger partial charge in [0.05, 0.1) is 30.1 Å². The minimum absolute atomic E-state index is 0.128. The van der Waals surface area contributed by atoms with Crippen molar-refractivity contribution in [3.8, 4) is 11.4 Å². The zero-order chi connectivity index (χ0) is 19.5. The van der Waals surface area contributed by atoms with Gasteiger partial charge in [0.1, 0.15) is 5.60 Å². The number of para-hydroxylation sites is 1. The molecule has 1 N–H and O–H groups in total. The monoisotopic (exact) mass is 378 g/mol. The van der Waals surface area contributed by atoms with Gasteiger partial charge in [-0.25, -0.2) is 4.98 Å². The molecule has 0 fully saturated rings. The molecular formula is C22H22N2O4. The molecule has 0 saturated carbocycles. The Balaban J connectivity index is 1.74. The van der Waals surface area contributed by atoms with E-state index < -0.39 is 11.9 Å². The second-order valence-electron chi connectivity index (χ2n) is 7.38. The minimum atomic E-state index is -1.36. The number of ether oxygens (including phenoxy) is 2. The summed E-state index contributed by atoms with van der Waals surface area (Å²) in [5.41, 5.74) is 3.06. The lowest BCUT2D eigenvalue weighted by molar-refractivity contribution is -0.258. The standard InChI is InChI=1S/C22H22N2O4/c1-3-22(26)16-10-18-19-14(9-13-7-5-6-8-17(13)23-19)11-24(18)20(25)15(16)12-28-21(22)27-4-2/h5-10,21,26H,3-4,11-12H2,1-2H3/t21-,22+/m1/s1. The first-order valence-corrected chi connectivity index (χ1v) is 9.68. The first kappa shape index (κ1) is 17.6. The molecule has 4 heterocycles. The SMILES string of the molecule is CCO[C@@H]1OCc2c(cc3n(c2=O)Cc2cc4ccccc4nc2-3)[C@@]1(O)CC. The van der Waals surface area contributed by atoms with Crippen molar-refractivity contribution in [2.75, 3.05) is 6.61 Å². The number of benzene rings is 1. The Hall–Kier alpha value is -2.54. The van der Waals surface area contributed by atoms with E-state index in [0.717, 1.165) is 27.9 Å². The van der Waals surface area contributed by atoms with E-state index in [4.69, 9.17) is 14.5 Å². The third-order valence-electron chi connectivity index (χ3n) is 5.87. The van der Waals surface area contributed by atoms with Crippen molar-refractivity contribution in [3.63, 3.8) is 0 Å². The molecule has 0 radical (unpaired) electrons. The fourth-order valence-corrected chi connectivity index (χ4v) is 4.36. The molecule has 0 spiro atoms. The molecular weight excluding hydrogens is 356 g/mol. The molecule has 0 unspecified atom stereocenters. The molecule has 0 saturated heterocycles. The first-order chi connectivity index (χ1) is 13.6. The summed E-state index contributed by atoms with van der Waals surface area (Å²) in [6, 6.07) is 11.9. The topological polar surface area (TPSA) is 73.6 Å². The second kappa shape index (κ2) is 6.24. The van der Waals surface area contributed by atoms with Gasteiger partial charge in [0.2, 0.25) is 0 Å². The predicted octanol–water partition coefficient (Wildman–Crippen LogP) is 2.92. The lowest BCUT2D eigenvalue weighted by Crippen LogP contribution is -2.48. The van der Waals surface area contributed by atoms with Gasteiger partial charge < -0.3 is 19.1 Å².